The quantitative estimate of drug-likeness (QED) is 0.223. The van der Waals surface area contributed by atoms with Crippen molar-refractivity contribution in [3.8, 4) is 5.75 Å². The smallest absolute Gasteiger partial charge is 0.326 e. The molecule has 3 aromatic rings. The van der Waals surface area contributed by atoms with Crippen molar-refractivity contribution in [2.24, 2.45) is 29.6 Å². The Hall–Kier alpha value is -2.95. The molecule has 2 saturated carbocycles. The van der Waals surface area contributed by atoms with Crippen LogP contribution in [0.25, 0.3) is 0 Å². The largest absolute Gasteiger partial charge is 0.489 e. The number of carbonyl (C=O) groups excluding carboxylic acids is 3. The van der Waals surface area contributed by atoms with Crippen LogP contribution in [0.2, 0.25) is 0 Å². The second-order valence-corrected chi connectivity index (χ2v) is 13.8. The standard InChI is InChI=1S/C30H28N2O5S3/c1-2-36-20(33)13-32-28(34)23-18-12-19(24(23)29(32)35)25-22(18)21(26-27(39-25)31-30(38)40-26)16-9-6-10-17(11-16)37-14-15-7-4-3-5-8-15/h3-11,18-19,21-25H,2,12-14H2,1H3,(H,31,38). The maximum Gasteiger partial charge on any atom is 0.326 e. The lowest BCUT2D eigenvalue weighted by molar-refractivity contribution is -0.153. The summed E-state index contributed by atoms with van der Waals surface area (Å²) in [5, 5.41) is 1.25. The number of nitrogens with zero attached hydrogens (tertiary/aromatic N) is 1. The van der Waals surface area contributed by atoms with Crippen LogP contribution in [-0.2, 0) is 25.7 Å². The molecule has 4 aliphatic rings. The van der Waals surface area contributed by atoms with E-state index >= 15 is 0 Å². The van der Waals surface area contributed by atoms with Crippen molar-refractivity contribution in [3.63, 3.8) is 0 Å². The van der Waals surface area contributed by atoms with Crippen LogP contribution in [0.3, 0.4) is 0 Å². The van der Waals surface area contributed by atoms with Crippen molar-refractivity contribution >= 4 is 53.1 Å². The number of amides is 2. The lowest BCUT2D eigenvalue weighted by atomic mass is 9.68. The molecule has 0 radical (unpaired) electrons. The molecule has 40 heavy (non-hydrogen) atoms. The number of benzene rings is 2. The van der Waals surface area contributed by atoms with E-state index in [0.29, 0.717) is 6.61 Å². The second kappa shape index (κ2) is 10.2. The maximum atomic E-state index is 13.6. The van der Waals surface area contributed by atoms with E-state index in [0.717, 1.165) is 37.2 Å². The van der Waals surface area contributed by atoms with Crippen LogP contribution >= 0.6 is 35.3 Å². The highest BCUT2D eigenvalue weighted by Gasteiger charge is 2.69. The average molecular weight is 593 g/mol. The van der Waals surface area contributed by atoms with Gasteiger partial charge in [-0.1, -0.05) is 42.5 Å². The number of nitrogens with one attached hydrogen (secondary N) is 1. The molecule has 2 bridgehead atoms. The molecule has 1 saturated heterocycles. The topological polar surface area (TPSA) is 88.7 Å². The Bertz CT molecular complexity index is 1550. The monoisotopic (exact) mass is 592 g/mol. The van der Waals surface area contributed by atoms with Gasteiger partial charge in [0.25, 0.3) is 0 Å². The molecule has 2 amide bonds. The number of carbonyl (C=O) groups is 3. The number of likely N-dealkylation sites (tertiary alicyclic amines) is 1. The number of hydrogen-bond acceptors (Lipinski definition) is 8. The number of ether oxygens (including phenoxy) is 2. The lowest BCUT2D eigenvalue weighted by Gasteiger charge is -2.43. The summed E-state index contributed by atoms with van der Waals surface area (Å²) >= 11 is 8.95. The summed E-state index contributed by atoms with van der Waals surface area (Å²) < 4.78 is 12.0. The Morgan fingerprint density at radius 3 is 2.62 bits per heavy atom. The summed E-state index contributed by atoms with van der Waals surface area (Å²) in [7, 11) is 0. The van der Waals surface area contributed by atoms with Gasteiger partial charge < -0.3 is 14.5 Å². The predicted octanol–water partition coefficient (Wildman–Crippen LogP) is 5.42. The molecule has 7 rings (SSSR count). The Labute approximate surface area is 245 Å². The van der Waals surface area contributed by atoms with Crippen LogP contribution in [0.4, 0.5) is 0 Å². The van der Waals surface area contributed by atoms with E-state index in [1.807, 2.05) is 42.5 Å². The third-order valence-electron chi connectivity index (χ3n) is 8.87. The first-order valence-electron chi connectivity index (χ1n) is 13.6. The van der Waals surface area contributed by atoms with Gasteiger partial charge in [0.2, 0.25) is 11.8 Å². The summed E-state index contributed by atoms with van der Waals surface area (Å²) in [5.74, 6) is -0.591. The Kier molecular flexibility index (Phi) is 6.59. The van der Waals surface area contributed by atoms with Crippen molar-refractivity contribution in [2.45, 2.75) is 36.1 Å². The fraction of sp³-hybridized carbons (Fsp3) is 0.400. The van der Waals surface area contributed by atoms with Crippen LogP contribution in [-0.4, -0.2) is 46.1 Å². The Morgan fingerprint density at radius 1 is 1.07 bits per heavy atom. The van der Waals surface area contributed by atoms with Crippen LogP contribution < -0.4 is 4.74 Å². The van der Waals surface area contributed by atoms with Crippen LogP contribution in [0.1, 0.15) is 35.3 Å². The summed E-state index contributed by atoms with van der Waals surface area (Å²) in [6.07, 6.45) is 0.846. The van der Waals surface area contributed by atoms with Gasteiger partial charge >= 0.3 is 5.97 Å². The fourth-order valence-electron chi connectivity index (χ4n) is 7.48. The minimum atomic E-state index is -0.539. The molecule has 10 heteroatoms. The van der Waals surface area contributed by atoms with Crippen molar-refractivity contribution in [1.82, 2.24) is 9.88 Å². The Morgan fingerprint density at radius 2 is 1.85 bits per heavy atom. The number of thiazole rings is 1. The number of aromatic amines is 1. The van der Waals surface area contributed by atoms with Crippen molar-refractivity contribution in [1.29, 1.82) is 0 Å². The van der Waals surface area contributed by atoms with Gasteiger partial charge in [0.1, 0.15) is 18.9 Å². The van der Waals surface area contributed by atoms with E-state index in [2.05, 4.69) is 17.1 Å². The molecule has 3 heterocycles. The number of hydrogen-bond donors (Lipinski definition) is 1. The molecule has 3 fully saturated rings. The SMILES string of the molecule is CCOC(=O)CN1C(=O)C2C3CC(C2C1=O)C1C(c2cccc(OCc4ccccc4)c2)c2sc(=S)[nH]c2SC31. The normalized spacial score (nSPS) is 29.7. The van der Waals surface area contributed by atoms with E-state index in [1.165, 1.54) is 4.88 Å². The highest BCUT2D eigenvalue weighted by Crippen LogP contribution is 2.68. The molecule has 7 unspecified atom stereocenters. The van der Waals surface area contributed by atoms with Crippen molar-refractivity contribution in [2.75, 3.05) is 13.2 Å². The zero-order valence-electron chi connectivity index (χ0n) is 21.8. The number of imide groups is 1. The summed E-state index contributed by atoms with van der Waals surface area (Å²) in [6.45, 7) is 2.11. The number of esters is 1. The van der Waals surface area contributed by atoms with Gasteiger partial charge in [0, 0.05) is 16.0 Å². The van der Waals surface area contributed by atoms with Gasteiger partial charge in [-0.2, -0.15) is 0 Å². The predicted molar refractivity (Wildman–Crippen MR) is 154 cm³/mol. The van der Waals surface area contributed by atoms with Gasteiger partial charge in [-0.25, -0.2) is 0 Å². The second-order valence-electron chi connectivity index (χ2n) is 10.9. The molecular weight excluding hydrogens is 565 g/mol. The molecule has 1 N–H and O–H groups in total. The average Bonchev–Trinajstić information content (AvgIpc) is 3.69. The molecule has 206 valence electrons. The van der Waals surface area contributed by atoms with Crippen LogP contribution in [0.15, 0.2) is 59.6 Å². The van der Waals surface area contributed by atoms with Crippen molar-refractivity contribution < 1.29 is 23.9 Å². The van der Waals surface area contributed by atoms with Gasteiger partial charge in [-0.15, -0.1) is 23.1 Å². The third-order valence-corrected chi connectivity index (χ3v) is 11.8. The van der Waals surface area contributed by atoms with Gasteiger partial charge in [-0.05, 0) is 66.6 Å². The van der Waals surface area contributed by atoms with Gasteiger partial charge in [0.05, 0.1) is 23.5 Å². The lowest BCUT2D eigenvalue weighted by Crippen LogP contribution is -2.42. The van der Waals surface area contributed by atoms with E-state index in [9.17, 15) is 14.4 Å². The molecular formula is C30H28N2O5S3. The molecule has 1 aromatic heterocycles. The highest BCUT2D eigenvalue weighted by atomic mass is 32.2. The summed E-state index contributed by atoms with van der Waals surface area (Å²) in [4.78, 5) is 45.1. The summed E-state index contributed by atoms with van der Waals surface area (Å²) in [6, 6.07) is 18.3. The van der Waals surface area contributed by atoms with Crippen LogP contribution in [0, 0.1) is 33.5 Å². The number of H-pyrrole nitrogens is 1. The third kappa shape index (κ3) is 4.14. The van der Waals surface area contributed by atoms with Gasteiger partial charge in [-0.3, -0.25) is 19.3 Å². The molecule has 2 aliphatic carbocycles. The Balaban J connectivity index is 1.22. The van der Waals surface area contributed by atoms with Crippen LogP contribution in [0.5, 0.6) is 5.75 Å². The van der Waals surface area contributed by atoms with E-state index in [-0.39, 0.29) is 65.7 Å². The molecule has 7 nitrogen and oxygen atoms in total. The molecule has 2 aromatic carbocycles. The minimum Gasteiger partial charge on any atom is -0.489 e. The first-order chi connectivity index (χ1) is 19.4. The van der Waals surface area contributed by atoms with Crippen molar-refractivity contribution in [3.05, 3.63) is 74.6 Å². The molecule has 2 aliphatic heterocycles. The number of fused-ring (bicyclic) bond motifs is 9. The fourth-order valence-corrected chi connectivity index (χ4v) is 10.8. The molecule has 0 spiro atoms. The van der Waals surface area contributed by atoms with Gasteiger partial charge in [0.15, 0.2) is 3.95 Å². The maximum absolute atomic E-state index is 13.6. The number of rotatable bonds is 7. The van der Waals surface area contributed by atoms with E-state index in [1.54, 1.807) is 30.0 Å². The zero-order valence-corrected chi connectivity index (χ0v) is 24.2. The summed E-state index contributed by atoms with van der Waals surface area (Å²) in [5.41, 5.74) is 2.24. The number of thioether (sulfide) groups is 1. The van der Waals surface area contributed by atoms with E-state index in [4.69, 9.17) is 21.7 Å². The first kappa shape index (κ1) is 26.0. The minimum absolute atomic E-state index is 0.0393. The number of aromatic nitrogens is 1. The highest BCUT2D eigenvalue weighted by molar-refractivity contribution is 8.00. The first-order valence-corrected chi connectivity index (χ1v) is 15.7. The molecule has 7 atom stereocenters. The van der Waals surface area contributed by atoms with E-state index < -0.39 is 5.97 Å². The zero-order chi connectivity index (χ0) is 27.5.